The Morgan fingerprint density at radius 1 is 1.21 bits per heavy atom. The van der Waals surface area contributed by atoms with Gasteiger partial charge in [0.05, 0.1) is 16.3 Å². The summed E-state index contributed by atoms with van der Waals surface area (Å²) in [4.78, 5) is 42.1. The number of piperidine rings is 1. The van der Waals surface area contributed by atoms with Crippen molar-refractivity contribution < 1.29 is 9.59 Å². The van der Waals surface area contributed by atoms with E-state index >= 15 is 0 Å². The minimum absolute atomic E-state index is 0.200. The number of anilines is 1. The lowest BCUT2D eigenvalue weighted by Gasteiger charge is -2.42. The van der Waals surface area contributed by atoms with Gasteiger partial charge in [-0.3, -0.25) is 24.3 Å². The zero-order chi connectivity index (χ0) is 17.9. The van der Waals surface area contributed by atoms with Gasteiger partial charge < -0.3 is 5.73 Å². The number of imide groups is 1. The molecule has 3 rings (SSSR count). The van der Waals surface area contributed by atoms with Crippen molar-refractivity contribution >= 4 is 51.9 Å². The van der Waals surface area contributed by atoms with Crippen molar-refractivity contribution in [3.63, 3.8) is 0 Å². The number of aryl methyl sites for hydroxylation is 1. The number of nitrogens with one attached hydrogen (secondary N) is 1. The fourth-order valence-electron chi connectivity index (χ4n) is 3.56. The molecule has 120 valence electrons. The van der Waals surface area contributed by atoms with E-state index in [1.165, 1.54) is 4.57 Å². The van der Waals surface area contributed by atoms with Crippen molar-refractivity contribution in [2.24, 2.45) is 0 Å². The highest BCUT2D eigenvalue weighted by Crippen LogP contribution is 2.36. The summed E-state index contributed by atoms with van der Waals surface area (Å²) < 4.78 is 1.36. The van der Waals surface area contributed by atoms with E-state index in [1.54, 1.807) is 48.7 Å². The average Bonchev–Trinajstić information content (AvgIpc) is 2.44. The smallest absolute Gasteiger partial charge is 0.263 e. The molecule has 3 N–H and O–H groups in total. The molecule has 24 heavy (non-hydrogen) atoms. The monoisotopic (exact) mass is 322 g/mol. The highest BCUT2D eigenvalue weighted by Gasteiger charge is 2.49. The molecule has 2 aromatic rings. The second-order valence-electron chi connectivity index (χ2n) is 7.16. The Morgan fingerprint density at radius 3 is 2.54 bits per heavy atom. The first-order chi connectivity index (χ1) is 11.1. The summed E-state index contributed by atoms with van der Waals surface area (Å²) in [5.41, 5.74) is 5.16. The van der Waals surface area contributed by atoms with Crippen LogP contribution in [-0.4, -0.2) is 44.9 Å². The molecule has 1 aromatic heterocycles. The van der Waals surface area contributed by atoms with Crippen LogP contribution in [-0.2, 0) is 15.0 Å². The van der Waals surface area contributed by atoms with Crippen LogP contribution in [0, 0.1) is 6.92 Å². The Hall–Kier alpha value is -2.51. The van der Waals surface area contributed by atoms with Crippen molar-refractivity contribution in [1.82, 2.24) is 14.9 Å². The van der Waals surface area contributed by atoms with Crippen molar-refractivity contribution in [1.29, 1.82) is 0 Å². The van der Waals surface area contributed by atoms with Crippen LogP contribution in [0.4, 0.5) is 5.69 Å². The van der Waals surface area contributed by atoms with Gasteiger partial charge in [-0.15, -0.1) is 0 Å². The van der Waals surface area contributed by atoms with Crippen LogP contribution in [0.15, 0.2) is 23.0 Å². The fourth-order valence-corrected chi connectivity index (χ4v) is 3.56. The first kappa shape index (κ1) is 16.4. The van der Waals surface area contributed by atoms with Gasteiger partial charge in [0.1, 0.15) is 29.4 Å². The van der Waals surface area contributed by atoms with Gasteiger partial charge in [0.2, 0.25) is 11.8 Å². The third-order valence-electron chi connectivity index (χ3n) is 4.71. The predicted molar refractivity (Wildman–Crippen MR) is 99.2 cm³/mol. The molecule has 0 spiro atoms. The van der Waals surface area contributed by atoms with Crippen molar-refractivity contribution in [3.8, 4) is 0 Å². The summed E-state index contributed by atoms with van der Waals surface area (Å²) in [7, 11) is 5.14. The number of amides is 2. The summed E-state index contributed by atoms with van der Waals surface area (Å²) in [5, 5.41) is 1.88. The van der Waals surface area contributed by atoms with Gasteiger partial charge in [-0.05, 0) is 30.7 Å². The number of fused-ring (bicyclic) bond motifs is 1. The molecule has 0 bridgehead atoms. The molecule has 1 saturated heterocycles. The third-order valence-corrected chi connectivity index (χ3v) is 4.71. The van der Waals surface area contributed by atoms with Crippen molar-refractivity contribution in [2.75, 3.05) is 5.73 Å². The molecular weight excluding hydrogens is 305 g/mol. The van der Waals surface area contributed by atoms with E-state index in [0.29, 0.717) is 17.0 Å². The molecule has 0 saturated carbocycles. The van der Waals surface area contributed by atoms with Gasteiger partial charge in [0, 0.05) is 5.69 Å². The Balaban J connectivity index is 2.33. The molecule has 1 aliphatic rings. The van der Waals surface area contributed by atoms with Crippen LogP contribution in [0.2, 0.25) is 5.21 Å². The summed E-state index contributed by atoms with van der Waals surface area (Å²) in [6.45, 7) is 1.67. The number of aromatic nitrogens is 2. The Morgan fingerprint density at radius 2 is 1.88 bits per heavy atom. The van der Waals surface area contributed by atoms with Gasteiger partial charge in [-0.1, -0.05) is 6.07 Å². The largest absolute Gasteiger partial charge is 0.398 e. The van der Waals surface area contributed by atoms with E-state index in [2.05, 4.69) is 10.3 Å². The molecule has 0 aliphatic carbocycles. The summed E-state index contributed by atoms with van der Waals surface area (Å²) >= 11 is 0. The van der Waals surface area contributed by atoms with Crippen LogP contribution >= 0.6 is 0 Å². The number of nitrogens with two attached hydrogens (primary N) is 1. The van der Waals surface area contributed by atoms with Crippen LogP contribution in [0.5, 0.6) is 0 Å². The molecule has 10 heteroatoms. The second-order valence-corrected chi connectivity index (χ2v) is 7.16. The molecule has 1 atom stereocenters. The quantitative estimate of drug-likeness (QED) is 0.331. The van der Waals surface area contributed by atoms with Gasteiger partial charge in [-0.25, -0.2) is 4.98 Å². The number of nitrogens with zero attached hydrogens (tertiary/aromatic N) is 2. The standard InChI is InChI=1S/C14H17B3N4O3/c1-6-19-8-4-2-3-7(18)9(8)10(22)21(6)14(17)5-13(15,16)11(23)20-12(14)24/h2-4H,5,15-18H2,1H3,(H,20,23,24). The maximum atomic E-state index is 13.1. The van der Waals surface area contributed by atoms with Gasteiger partial charge in [0.15, 0.2) is 0 Å². The first-order valence-corrected chi connectivity index (χ1v) is 7.72. The maximum absolute atomic E-state index is 13.1. The lowest BCUT2D eigenvalue weighted by Crippen LogP contribution is -2.63. The minimum atomic E-state index is -1.22. The van der Waals surface area contributed by atoms with E-state index in [9.17, 15) is 14.4 Å². The lowest BCUT2D eigenvalue weighted by atomic mass is 9.45. The topological polar surface area (TPSA) is 107 Å². The number of hydrogen-bond donors (Lipinski definition) is 2. The molecule has 2 heterocycles. The van der Waals surface area contributed by atoms with Crippen LogP contribution in [0.25, 0.3) is 10.9 Å². The molecular formula is C14H17B3N4O3. The number of hydrogen-bond acceptors (Lipinski definition) is 5. The molecule has 1 fully saturated rings. The highest BCUT2D eigenvalue weighted by atomic mass is 16.2. The molecule has 7 nitrogen and oxygen atoms in total. The molecule has 1 unspecified atom stereocenters. The maximum Gasteiger partial charge on any atom is 0.263 e. The van der Waals surface area contributed by atoms with Gasteiger partial charge in [-0.2, -0.15) is 0 Å². The molecule has 2 amide bonds. The number of benzene rings is 1. The molecule has 0 radical (unpaired) electrons. The fraction of sp³-hybridized carbons (Fsp3) is 0.286. The van der Waals surface area contributed by atoms with Crippen molar-refractivity contribution in [2.45, 2.75) is 24.0 Å². The van der Waals surface area contributed by atoms with Crippen LogP contribution in [0.1, 0.15) is 12.2 Å². The Bertz CT molecular complexity index is 956. The molecule has 1 aromatic carbocycles. The summed E-state index contributed by atoms with van der Waals surface area (Å²) in [6, 6.07) is 5.06. The second kappa shape index (κ2) is 4.99. The number of nitrogen functional groups attached to an aromatic ring is 1. The number of rotatable bonds is 1. The lowest BCUT2D eigenvalue weighted by molar-refractivity contribution is -0.138. The van der Waals surface area contributed by atoms with E-state index < -0.39 is 16.6 Å². The SMILES string of the molecule is BC1(B)CC(B)(n2c(C)nc3cccc(N)c3c2=O)C(=O)NC1=O. The van der Waals surface area contributed by atoms with E-state index in [0.717, 1.165) is 0 Å². The first-order valence-electron chi connectivity index (χ1n) is 7.72. The zero-order valence-electron chi connectivity index (χ0n) is 14.1. The Labute approximate surface area is 141 Å². The molecule has 1 aliphatic heterocycles. The van der Waals surface area contributed by atoms with Gasteiger partial charge >= 0.3 is 0 Å². The zero-order valence-corrected chi connectivity index (χ0v) is 14.1. The predicted octanol–water partition coefficient (Wildman–Crippen LogP) is -3.00. The number of carbonyl (C=O) groups excluding carboxylic acids is 2. The average molecular weight is 322 g/mol. The normalized spacial score (nSPS) is 23.2. The van der Waals surface area contributed by atoms with Crippen LogP contribution < -0.4 is 16.6 Å². The summed E-state index contributed by atoms with van der Waals surface area (Å²) in [6.07, 6.45) is 0.200. The van der Waals surface area contributed by atoms with E-state index in [4.69, 9.17) is 5.73 Å². The number of carbonyl (C=O) groups is 2. The van der Waals surface area contributed by atoms with Crippen molar-refractivity contribution in [3.05, 3.63) is 34.4 Å². The third kappa shape index (κ3) is 2.17. The Kier molecular flexibility index (Phi) is 3.40. The van der Waals surface area contributed by atoms with Crippen LogP contribution in [0.3, 0.4) is 0 Å². The van der Waals surface area contributed by atoms with E-state index in [1.807, 2.05) is 0 Å². The van der Waals surface area contributed by atoms with Gasteiger partial charge in [0.25, 0.3) is 5.56 Å². The minimum Gasteiger partial charge on any atom is -0.398 e. The van der Waals surface area contributed by atoms with E-state index in [-0.39, 0.29) is 23.3 Å². The summed E-state index contributed by atoms with van der Waals surface area (Å²) in [5.74, 6) is -0.447. The highest BCUT2D eigenvalue weighted by molar-refractivity contribution is 6.53.